The number of urea groups is 1. The summed E-state index contributed by atoms with van der Waals surface area (Å²) in [5, 5.41) is 5.21. The van der Waals surface area contributed by atoms with Gasteiger partial charge in [0, 0.05) is 18.7 Å². The molecule has 7 heteroatoms. The Labute approximate surface area is 134 Å². The van der Waals surface area contributed by atoms with Gasteiger partial charge in [0.25, 0.3) is 5.91 Å². The van der Waals surface area contributed by atoms with Gasteiger partial charge >= 0.3 is 6.03 Å². The first kappa shape index (κ1) is 16.9. The van der Waals surface area contributed by atoms with Crippen LogP contribution in [0, 0.1) is 12.7 Å². The van der Waals surface area contributed by atoms with Crippen LogP contribution >= 0.6 is 0 Å². The summed E-state index contributed by atoms with van der Waals surface area (Å²) in [6.45, 7) is 5.20. The fourth-order valence-electron chi connectivity index (χ4n) is 2.36. The Morgan fingerprint density at radius 3 is 2.65 bits per heavy atom. The van der Waals surface area contributed by atoms with Crippen LogP contribution in [-0.2, 0) is 9.59 Å². The summed E-state index contributed by atoms with van der Waals surface area (Å²) < 4.78 is 13.2. The number of carbonyl (C=O) groups is 3. The van der Waals surface area contributed by atoms with E-state index in [0.29, 0.717) is 12.1 Å². The molecule has 2 rings (SSSR count). The monoisotopic (exact) mass is 321 g/mol. The molecule has 124 valence electrons. The van der Waals surface area contributed by atoms with Crippen LogP contribution in [0.5, 0.6) is 0 Å². The van der Waals surface area contributed by atoms with Crippen molar-refractivity contribution in [3.8, 4) is 0 Å². The summed E-state index contributed by atoms with van der Waals surface area (Å²) in [6, 6.07) is 3.72. The Morgan fingerprint density at radius 1 is 1.35 bits per heavy atom. The third-order valence-corrected chi connectivity index (χ3v) is 3.70. The average molecular weight is 321 g/mol. The maximum atomic E-state index is 13.2. The minimum absolute atomic E-state index is 0.132. The summed E-state index contributed by atoms with van der Waals surface area (Å²) in [7, 11) is 0. The van der Waals surface area contributed by atoms with Crippen LogP contribution < -0.4 is 10.6 Å². The van der Waals surface area contributed by atoms with Gasteiger partial charge in [-0.05, 0) is 44.9 Å². The highest BCUT2D eigenvalue weighted by atomic mass is 19.1. The molecular weight excluding hydrogens is 301 g/mol. The van der Waals surface area contributed by atoms with Crippen molar-refractivity contribution in [3.05, 3.63) is 29.6 Å². The van der Waals surface area contributed by atoms with Gasteiger partial charge in [0.15, 0.2) is 0 Å². The van der Waals surface area contributed by atoms with Crippen molar-refractivity contribution in [1.29, 1.82) is 0 Å². The lowest BCUT2D eigenvalue weighted by Gasteiger charge is -2.15. The quantitative estimate of drug-likeness (QED) is 0.816. The van der Waals surface area contributed by atoms with E-state index in [1.165, 1.54) is 12.1 Å². The van der Waals surface area contributed by atoms with E-state index in [-0.39, 0.29) is 24.8 Å². The Kier molecular flexibility index (Phi) is 4.68. The highest BCUT2D eigenvalue weighted by molar-refractivity contribution is 6.06. The van der Waals surface area contributed by atoms with Crippen LogP contribution in [-0.4, -0.2) is 34.8 Å². The first-order chi connectivity index (χ1) is 10.7. The number of halogens is 1. The minimum Gasteiger partial charge on any atom is -0.326 e. The lowest BCUT2D eigenvalue weighted by atomic mass is 10.1. The first-order valence-corrected chi connectivity index (χ1v) is 7.41. The van der Waals surface area contributed by atoms with Crippen molar-refractivity contribution in [2.45, 2.75) is 39.2 Å². The molecule has 0 saturated carbocycles. The molecule has 0 spiro atoms. The lowest BCUT2D eigenvalue weighted by Crippen LogP contribution is -2.40. The van der Waals surface area contributed by atoms with E-state index < -0.39 is 17.4 Å². The Hall–Kier alpha value is -2.44. The molecule has 1 aliphatic heterocycles. The number of benzene rings is 1. The maximum absolute atomic E-state index is 13.2. The molecule has 1 aliphatic rings. The number of hydrogen-bond acceptors (Lipinski definition) is 3. The summed E-state index contributed by atoms with van der Waals surface area (Å²) in [4.78, 5) is 36.7. The standard InChI is InChI=1S/C16H20FN3O3/c1-10-6-7-11(17)9-12(10)18-13(21)5-4-8-20-14(22)16(2,3)19-15(20)23/h6-7,9H,4-5,8H2,1-3H3,(H,18,21)(H,19,23). The predicted molar refractivity (Wildman–Crippen MR) is 83.3 cm³/mol. The molecule has 0 unspecified atom stereocenters. The van der Waals surface area contributed by atoms with Gasteiger partial charge in [0.2, 0.25) is 5.91 Å². The van der Waals surface area contributed by atoms with Crippen LogP contribution in [0.1, 0.15) is 32.3 Å². The third kappa shape index (κ3) is 3.85. The van der Waals surface area contributed by atoms with Gasteiger partial charge < -0.3 is 10.6 Å². The number of imide groups is 1. The topological polar surface area (TPSA) is 78.5 Å². The first-order valence-electron chi connectivity index (χ1n) is 7.41. The number of hydrogen-bond donors (Lipinski definition) is 2. The van der Waals surface area contributed by atoms with E-state index in [0.717, 1.165) is 10.5 Å². The number of carbonyl (C=O) groups excluding carboxylic acids is 3. The van der Waals surface area contributed by atoms with Gasteiger partial charge in [-0.1, -0.05) is 6.07 Å². The number of rotatable bonds is 5. The van der Waals surface area contributed by atoms with Crippen molar-refractivity contribution in [2.24, 2.45) is 0 Å². The Morgan fingerprint density at radius 2 is 2.04 bits per heavy atom. The van der Waals surface area contributed by atoms with Gasteiger partial charge in [0.05, 0.1) is 0 Å². The average Bonchev–Trinajstić information content (AvgIpc) is 2.64. The van der Waals surface area contributed by atoms with Crippen molar-refractivity contribution < 1.29 is 18.8 Å². The second-order valence-electron chi connectivity index (χ2n) is 6.12. The molecule has 1 aromatic carbocycles. The van der Waals surface area contributed by atoms with Crippen molar-refractivity contribution >= 4 is 23.5 Å². The fourth-order valence-corrected chi connectivity index (χ4v) is 2.36. The second kappa shape index (κ2) is 6.36. The number of anilines is 1. The van der Waals surface area contributed by atoms with Gasteiger partial charge in [-0.3, -0.25) is 14.5 Å². The molecule has 0 radical (unpaired) electrons. The normalized spacial score (nSPS) is 16.4. The van der Waals surface area contributed by atoms with Gasteiger partial charge in [-0.25, -0.2) is 9.18 Å². The maximum Gasteiger partial charge on any atom is 0.325 e. The van der Waals surface area contributed by atoms with E-state index in [1.807, 2.05) is 0 Å². The number of aryl methyl sites for hydroxylation is 1. The highest BCUT2D eigenvalue weighted by Crippen LogP contribution is 2.18. The second-order valence-corrected chi connectivity index (χ2v) is 6.12. The van der Waals surface area contributed by atoms with Crippen molar-refractivity contribution in [3.63, 3.8) is 0 Å². The zero-order chi connectivity index (χ0) is 17.2. The third-order valence-electron chi connectivity index (χ3n) is 3.70. The molecule has 1 aromatic rings. The lowest BCUT2D eigenvalue weighted by molar-refractivity contribution is -0.130. The van der Waals surface area contributed by atoms with Crippen LogP contribution in [0.25, 0.3) is 0 Å². The van der Waals surface area contributed by atoms with Gasteiger partial charge in [0.1, 0.15) is 11.4 Å². The van der Waals surface area contributed by atoms with Gasteiger partial charge in [-0.2, -0.15) is 0 Å². The van der Waals surface area contributed by atoms with Crippen LogP contribution in [0.15, 0.2) is 18.2 Å². The van der Waals surface area contributed by atoms with E-state index in [2.05, 4.69) is 10.6 Å². The largest absolute Gasteiger partial charge is 0.326 e. The molecule has 6 nitrogen and oxygen atoms in total. The van der Waals surface area contributed by atoms with Crippen LogP contribution in [0.3, 0.4) is 0 Å². The predicted octanol–water partition coefficient (Wildman–Crippen LogP) is 2.18. The summed E-state index contributed by atoms with van der Waals surface area (Å²) in [6.07, 6.45) is 0.475. The SMILES string of the molecule is Cc1ccc(F)cc1NC(=O)CCCN1C(=O)NC(C)(C)C1=O. The molecule has 23 heavy (non-hydrogen) atoms. The zero-order valence-corrected chi connectivity index (χ0v) is 13.4. The fraction of sp³-hybridized carbons (Fsp3) is 0.438. The van der Waals surface area contributed by atoms with Crippen LogP contribution in [0.4, 0.5) is 14.9 Å². The van der Waals surface area contributed by atoms with E-state index >= 15 is 0 Å². The molecule has 0 aromatic heterocycles. The Bertz CT molecular complexity index is 658. The summed E-state index contributed by atoms with van der Waals surface area (Å²) >= 11 is 0. The minimum atomic E-state index is -0.905. The molecule has 0 atom stereocenters. The highest BCUT2D eigenvalue weighted by Gasteiger charge is 2.43. The summed E-state index contributed by atoms with van der Waals surface area (Å²) in [5.74, 6) is -1.01. The molecule has 4 amide bonds. The van der Waals surface area contributed by atoms with Crippen molar-refractivity contribution in [1.82, 2.24) is 10.2 Å². The zero-order valence-electron chi connectivity index (χ0n) is 13.4. The molecular formula is C16H20FN3O3. The smallest absolute Gasteiger partial charge is 0.325 e. The number of nitrogens with zero attached hydrogens (tertiary/aromatic N) is 1. The molecule has 0 aliphatic carbocycles. The molecule has 1 fully saturated rings. The summed E-state index contributed by atoms with van der Waals surface area (Å²) in [5.41, 5.74) is 0.277. The molecule has 0 bridgehead atoms. The van der Waals surface area contributed by atoms with E-state index in [1.54, 1.807) is 26.8 Å². The van der Waals surface area contributed by atoms with E-state index in [4.69, 9.17) is 0 Å². The van der Waals surface area contributed by atoms with Crippen molar-refractivity contribution in [2.75, 3.05) is 11.9 Å². The molecule has 1 saturated heterocycles. The number of nitrogens with one attached hydrogen (secondary N) is 2. The van der Waals surface area contributed by atoms with E-state index in [9.17, 15) is 18.8 Å². The number of amides is 4. The molecule has 2 N–H and O–H groups in total. The Balaban J connectivity index is 1.85. The van der Waals surface area contributed by atoms with Crippen LogP contribution in [0.2, 0.25) is 0 Å². The van der Waals surface area contributed by atoms with Gasteiger partial charge in [-0.15, -0.1) is 0 Å². The molecule has 1 heterocycles.